The number of hydrogen-bond acceptors (Lipinski definition) is 4. The number of oxazole rings is 1. The number of amides is 1. The topological polar surface area (TPSA) is 75.4 Å². The Balaban J connectivity index is 2.16. The van der Waals surface area contributed by atoms with E-state index in [2.05, 4.69) is 9.40 Å². The summed E-state index contributed by atoms with van der Waals surface area (Å²) < 4.78 is 41.2. The normalized spacial score (nSPS) is 11.3. The molecule has 1 heterocycles. The van der Waals surface area contributed by atoms with Gasteiger partial charge in [0.15, 0.2) is 5.69 Å². The molecule has 0 bridgehead atoms. The summed E-state index contributed by atoms with van der Waals surface area (Å²) in [5.41, 5.74) is -1.35. The summed E-state index contributed by atoms with van der Waals surface area (Å²) in [6, 6.07) is 4.97. The molecule has 2 rings (SSSR count). The van der Waals surface area contributed by atoms with Crippen molar-refractivity contribution in [2.45, 2.75) is 6.18 Å². The van der Waals surface area contributed by atoms with E-state index in [0.29, 0.717) is 6.26 Å². The predicted molar refractivity (Wildman–Crippen MR) is 57.6 cm³/mol. The van der Waals surface area contributed by atoms with Gasteiger partial charge >= 0.3 is 12.2 Å². The van der Waals surface area contributed by atoms with Crippen LogP contribution in [0.5, 0.6) is 5.75 Å². The summed E-state index contributed by atoms with van der Waals surface area (Å²) in [4.78, 5) is 14.7. The van der Waals surface area contributed by atoms with E-state index in [-0.39, 0.29) is 11.3 Å². The van der Waals surface area contributed by atoms with Crippen LogP contribution in [0.4, 0.5) is 19.2 Å². The van der Waals surface area contributed by atoms with Crippen LogP contribution >= 0.6 is 0 Å². The first-order chi connectivity index (χ1) is 8.88. The predicted octanol–water partition coefficient (Wildman–Crippen LogP) is 2.65. The van der Waals surface area contributed by atoms with Crippen molar-refractivity contribution in [3.8, 4) is 5.75 Å². The Bertz CT molecular complexity index is 607. The third-order valence-corrected chi connectivity index (χ3v) is 2.16. The zero-order valence-electron chi connectivity index (χ0n) is 9.23. The molecule has 0 radical (unpaired) electrons. The second kappa shape index (κ2) is 4.63. The molecule has 1 aromatic heterocycles. The molecule has 0 saturated heterocycles. The minimum atomic E-state index is -4.65. The number of halogens is 3. The number of aromatic nitrogens is 1. The molecular formula is C11H7F3N2O3. The molecular weight excluding hydrogens is 265 g/mol. The summed E-state index contributed by atoms with van der Waals surface area (Å²) in [5.74, 6) is -1.13. The number of para-hydroxylation sites is 1. The van der Waals surface area contributed by atoms with E-state index >= 15 is 0 Å². The molecule has 0 fully saturated rings. The summed E-state index contributed by atoms with van der Waals surface area (Å²) in [7, 11) is 0. The van der Waals surface area contributed by atoms with Crippen molar-refractivity contribution in [1.29, 1.82) is 0 Å². The quantitative estimate of drug-likeness (QED) is 0.881. The van der Waals surface area contributed by atoms with Gasteiger partial charge in [-0.2, -0.15) is 18.2 Å². The van der Waals surface area contributed by atoms with Gasteiger partial charge in [-0.1, -0.05) is 12.1 Å². The Morgan fingerprint density at radius 2 is 2.00 bits per heavy atom. The third kappa shape index (κ3) is 2.84. The number of anilines is 1. The zero-order valence-corrected chi connectivity index (χ0v) is 9.23. The van der Waals surface area contributed by atoms with Gasteiger partial charge in [0.05, 0.1) is 5.56 Å². The Morgan fingerprint density at radius 3 is 2.58 bits per heavy atom. The first kappa shape index (κ1) is 12.9. The molecule has 1 amide bonds. The minimum absolute atomic E-state index is 0.103. The minimum Gasteiger partial charge on any atom is -0.507 e. The summed E-state index contributed by atoms with van der Waals surface area (Å²) >= 11 is 0. The lowest BCUT2D eigenvalue weighted by Gasteiger charge is -2.02. The second-order valence-corrected chi connectivity index (χ2v) is 3.51. The number of alkyl halides is 3. The fraction of sp³-hybridized carbons (Fsp3) is 0.0909. The van der Waals surface area contributed by atoms with Crippen LogP contribution in [0.3, 0.4) is 0 Å². The van der Waals surface area contributed by atoms with Gasteiger partial charge < -0.3 is 9.52 Å². The molecule has 0 atom stereocenters. The number of rotatable bonds is 2. The van der Waals surface area contributed by atoms with Crippen molar-refractivity contribution in [2.75, 3.05) is 5.32 Å². The fourth-order valence-electron chi connectivity index (χ4n) is 1.29. The van der Waals surface area contributed by atoms with E-state index in [1.807, 2.05) is 5.32 Å². The highest BCUT2D eigenvalue weighted by Crippen LogP contribution is 2.29. The molecule has 0 spiro atoms. The lowest BCUT2D eigenvalue weighted by molar-refractivity contribution is -0.141. The van der Waals surface area contributed by atoms with Crippen LogP contribution in [0.15, 0.2) is 34.9 Å². The molecule has 19 heavy (non-hydrogen) atoms. The molecule has 0 aliphatic heterocycles. The van der Waals surface area contributed by atoms with Crippen molar-refractivity contribution < 1.29 is 27.5 Å². The lowest BCUT2D eigenvalue weighted by atomic mass is 10.2. The molecule has 5 nitrogen and oxygen atoms in total. The first-order valence-corrected chi connectivity index (χ1v) is 5.00. The maximum atomic E-state index is 12.3. The van der Waals surface area contributed by atoms with Gasteiger partial charge in [-0.25, -0.2) is 0 Å². The lowest BCUT2D eigenvalue weighted by Crippen LogP contribution is -2.13. The summed E-state index contributed by atoms with van der Waals surface area (Å²) in [6.07, 6.45) is -4.26. The van der Waals surface area contributed by atoms with Crippen LogP contribution in [-0.4, -0.2) is 16.0 Å². The Hall–Kier alpha value is -2.51. The highest BCUT2D eigenvalue weighted by molar-refractivity contribution is 6.05. The van der Waals surface area contributed by atoms with Crippen molar-refractivity contribution in [2.24, 2.45) is 0 Å². The number of phenols is 1. The van der Waals surface area contributed by atoms with Crippen molar-refractivity contribution >= 4 is 11.9 Å². The number of nitrogens with one attached hydrogen (secondary N) is 1. The van der Waals surface area contributed by atoms with Gasteiger partial charge in [0, 0.05) is 0 Å². The fourth-order valence-corrected chi connectivity index (χ4v) is 1.29. The second-order valence-electron chi connectivity index (χ2n) is 3.51. The highest BCUT2D eigenvalue weighted by atomic mass is 19.4. The largest absolute Gasteiger partial charge is 0.507 e. The molecule has 100 valence electrons. The maximum absolute atomic E-state index is 12.3. The molecule has 0 unspecified atom stereocenters. The van der Waals surface area contributed by atoms with Crippen LogP contribution in [0.2, 0.25) is 0 Å². The average molecular weight is 272 g/mol. The smallest absolute Gasteiger partial charge is 0.436 e. The van der Waals surface area contributed by atoms with Gasteiger partial charge in [-0.05, 0) is 12.1 Å². The molecule has 0 aliphatic carbocycles. The van der Waals surface area contributed by atoms with Crippen LogP contribution in [0.1, 0.15) is 16.1 Å². The van der Waals surface area contributed by atoms with Crippen molar-refractivity contribution in [1.82, 2.24) is 4.98 Å². The van der Waals surface area contributed by atoms with Crippen molar-refractivity contribution in [3.05, 3.63) is 41.8 Å². The Labute approximate surface area is 104 Å². The molecule has 2 N–H and O–H groups in total. The zero-order chi connectivity index (χ0) is 14.0. The van der Waals surface area contributed by atoms with E-state index < -0.39 is 23.8 Å². The number of hydrogen-bond donors (Lipinski definition) is 2. The summed E-state index contributed by atoms with van der Waals surface area (Å²) in [6.45, 7) is 0. The Morgan fingerprint density at radius 1 is 1.32 bits per heavy atom. The van der Waals surface area contributed by atoms with E-state index in [0.717, 1.165) is 0 Å². The van der Waals surface area contributed by atoms with Crippen LogP contribution in [-0.2, 0) is 6.18 Å². The molecule has 8 heteroatoms. The Kier molecular flexibility index (Phi) is 3.16. The van der Waals surface area contributed by atoms with E-state index in [4.69, 9.17) is 0 Å². The number of carbonyl (C=O) groups is 1. The van der Waals surface area contributed by atoms with Crippen LogP contribution in [0.25, 0.3) is 0 Å². The number of carbonyl (C=O) groups excluding carboxylic acids is 1. The monoisotopic (exact) mass is 272 g/mol. The molecule has 2 aromatic rings. The number of benzene rings is 1. The number of aromatic hydroxyl groups is 1. The molecule has 0 aliphatic rings. The van der Waals surface area contributed by atoms with Gasteiger partial charge in [0.2, 0.25) is 0 Å². The van der Waals surface area contributed by atoms with Crippen LogP contribution in [0, 0.1) is 0 Å². The molecule has 1 aromatic carbocycles. The maximum Gasteiger partial charge on any atom is 0.436 e. The van der Waals surface area contributed by atoms with E-state index in [9.17, 15) is 23.1 Å². The van der Waals surface area contributed by atoms with Crippen LogP contribution < -0.4 is 5.32 Å². The summed E-state index contributed by atoms with van der Waals surface area (Å²) in [5, 5.41) is 11.4. The highest BCUT2D eigenvalue weighted by Gasteiger charge is 2.35. The third-order valence-electron chi connectivity index (χ3n) is 2.16. The number of phenolic OH excluding ortho intramolecular Hbond substituents is 1. The standard InChI is InChI=1S/C11H7F3N2O3/c12-11(13,14)8-5-19-10(15-8)16-9(18)6-3-1-2-4-7(6)17/h1-5,17H,(H,15,16,18). The van der Waals surface area contributed by atoms with Gasteiger partial charge in [-0.15, -0.1) is 0 Å². The number of nitrogens with zero attached hydrogens (tertiary/aromatic N) is 1. The van der Waals surface area contributed by atoms with E-state index in [1.165, 1.54) is 24.3 Å². The first-order valence-electron chi connectivity index (χ1n) is 5.00. The van der Waals surface area contributed by atoms with Gasteiger partial charge in [-0.3, -0.25) is 10.1 Å². The molecule has 0 saturated carbocycles. The van der Waals surface area contributed by atoms with E-state index in [1.54, 1.807) is 0 Å². The average Bonchev–Trinajstić information content (AvgIpc) is 2.77. The van der Waals surface area contributed by atoms with Gasteiger partial charge in [0.1, 0.15) is 12.0 Å². The van der Waals surface area contributed by atoms with Crippen molar-refractivity contribution in [3.63, 3.8) is 0 Å². The van der Waals surface area contributed by atoms with Gasteiger partial charge in [0.25, 0.3) is 5.91 Å². The SMILES string of the molecule is O=C(Nc1nc(C(F)(F)F)co1)c1ccccc1O.